The number of nitrogens with two attached hydrogens (primary N) is 1. The zero-order chi connectivity index (χ0) is 11.3. The molecule has 0 bridgehead atoms. The van der Waals surface area contributed by atoms with Gasteiger partial charge in [-0.2, -0.15) is 11.8 Å². The van der Waals surface area contributed by atoms with E-state index in [0.29, 0.717) is 0 Å². The highest BCUT2D eigenvalue weighted by Crippen LogP contribution is 2.32. The summed E-state index contributed by atoms with van der Waals surface area (Å²) in [5, 5.41) is 8.61. The van der Waals surface area contributed by atoms with Crippen LogP contribution in [0.5, 0.6) is 0 Å². The monoisotopic (exact) mass is 231 g/mol. The first-order valence-electron chi connectivity index (χ1n) is 5.63. The second-order valence-electron chi connectivity index (χ2n) is 4.68. The molecule has 1 aliphatic rings. The van der Waals surface area contributed by atoms with Crippen LogP contribution in [0.15, 0.2) is 0 Å². The summed E-state index contributed by atoms with van der Waals surface area (Å²) < 4.78 is 0. The van der Waals surface area contributed by atoms with E-state index in [1.807, 2.05) is 18.7 Å². The summed E-state index contributed by atoms with van der Waals surface area (Å²) in [5.41, 5.74) is 5.94. The lowest BCUT2D eigenvalue weighted by Gasteiger charge is -2.15. The average Bonchev–Trinajstić information content (AvgIpc) is 2.85. The van der Waals surface area contributed by atoms with Crippen molar-refractivity contribution >= 4 is 17.7 Å². The standard InChI is InChI=1S/C11H21NO2S/c1-8(5-11(13)14)4-10(12)7-15-6-9-2-3-9/h8-10H,2-7,12H2,1H3,(H,13,14)/t8-,10-/m0/s1. The first kappa shape index (κ1) is 12.8. The normalized spacial score (nSPS) is 19.9. The molecule has 4 heteroatoms. The fourth-order valence-corrected chi connectivity index (χ4v) is 2.88. The molecule has 15 heavy (non-hydrogen) atoms. The molecule has 0 aliphatic heterocycles. The topological polar surface area (TPSA) is 63.3 Å². The number of carboxylic acid groups (broad SMARTS) is 1. The minimum atomic E-state index is -0.722. The van der Waals surface area contributed by atoms with Gasteiger partial charge in [0.25, 0.3) is 0 Å². The highest BCUT2D eigenvalue weighted by molar-refractivity contribution is 7.99. The first-order chi connectivity index (χ1) is 7.08. The number of carboxylic acids is 1. The number of aliphatic carboxylic acids is 1. The van der Waals surface area contributed by atoms with Crippen LogP contribution < -0.4 is 5.73 Å². The summed E-state index contributed by atoms with van der Waals surface area (Å²) in [6, 6.07) is 0.156. The molecule has 1 fully saturated rings. The van der Waals surface area contributed by atoms with Crippen molar-refractivity contribution in [2.24, 2.45) is 17.6 Å². The molecule has 1 aliphatic carbocycles. The van der Waals surface area contributed by atoms with Gasteiger partial charge in [-0.3, -0.25) is 4.79 Å². The first-order valence-corrected chi connectivity index (χ1v) is 6.78. The van der Waals surface area contributed by atoms with Gasteiger partial charge >= 0.3 is 5.97 Å². The maximum absolute atomic E-state index is 10.5. The third kappa shape index (κ3) is 6.79. The van der Waals surface area contributed by atoms with E-state index in [2.05, 4.69) is 0 Å². The minimum absolute atomic E-state index is 0.156. The summed E-state index contributed by atoms with van der Waals surface area (Å²) in [4.78, 5) is 10.5. The van der Waals surface area contributed by atoms with Crippen molar-refractivity contribution in [3.63, 3.8) is 0 Å². The summed E-state index contributed by atoms with van der Waals surface area (Å²) in [6.45, 7) is 1.96. The van der Waals surface area contributed by atoms with E-state index < -0.39 is 5.97 Å². The van der Waals surface area contributed by atoms with Gasteiger partial charge in [0.2, 0.25) is 0 Å². The number of hydrogen-bond donors (Lipinski definition) is 2. The summed E-state index contributed by atoms with van der Waals surface area (Å²) >= 11 is 1.92. The molecule has 3 N–H and O–H groups in total. The Labute approximate surface area is 95.8 Å². The lowest BCUT2D eigenvalue weighted by molar-refractivity contribution is -0.138. The predicted molar refractivity (Wildman–Crippen MR) is 64.1 cm³/mol. The SMILES string of the molecule is C[C@H](CC(=O)O)C[C@H](N)CSCC1CC1. The van der Waals surface area contributed by atoms with Gasteiger partial charge in [0, 0.05) is 18.2 Å². The molecule has 1 saturated carbocycles. The Balaban J connectivity index is 1.99. The zero-order valence-electron chi connectivity index (χ0n) is 9.32. The Hall–Kier alpha value is -0.220. The van der Waals surface area contributed by atoms with Gasteiger partial charge in [-0.15, -0.1) is 0 Å². The molecule has 2 atom stereocenters. The maximum Gasteiger partial charge on any atom is 0.303 e. The number of thioether (sulfide) groups is 1. The third-order valence-corrected chi connectivity index (χ3v) is 3.98. The molecular formula is C11H21NO2S. The largest absolute Gasteiger partial charge is 0.481 e. The van der Waals surface area contributed by atoms with E-state index in [9.17, 15) is 4.79 Å². The maximum atomic E-state index is 10.5. The van der Waals surface area contributed by atoms with Gasteiger partial charge < -0.3 is 10.8 Å². The Morgan fingerprint density at radius 1 is 1.60 bits per heavy atom. The number of hydrogen-bond acceptors (Lipinski definition) is 3. The van der Waals surface area contributed by atoms with Crippen LogP contribution in [-0.2, 0) is 4.79 Å². The lowest BCUT2D eigenvalue weighted by Crippen LogP contribution is -2.26. The van der Waals surface area contributed by atoms with Crippen molar-refractivity contribution in [1.29, 1.82) is 0 Å². The molecule has 0 amide bonds. The Bertz CT molecular complexity index is 207. The minimum Gasteiger partial charge on any atom is -0.481 e. The Morgan fingerprint density at radius 2 is 2.27 bits per heavy atom. The molecule has 0 heterocycles. The fraction of sp³-hybridized carbons (Fsp3) is 0.909. The van der Waals surface area contributed by atoms with Crippen LogP contribution in [0.2, 0.25) is 0 Å². The van der Waals surface area contributed by atoms with Crippen LogP contribution in [0, 0.1) is 11.8 Å². The van der Waals surface area contributed by atoms with Crippen LogP contribution >= 0.6 is 11.8 Å². The van der Waals surface area contributed by atoms with Crippen LogP contribution in [0.1, 0.15) is 32.6 Å². The Kier molecular flexibility index (Phi) is 5.47. The second-order valence-corrected chi connectivity index (χ2v) is 5.75. The van der Waals surface area contributed by atoms with Crippen LogP contribution in [-0.4, -0.2) is 28.6 Å². The van der Waals surface area contributed by atoms with Gasteiger partial charge in [0.15, 0.2) is 0 Å². The third-order valence-electron chi connectivity index (χ3n) is 2.61. The van der Waals surface area contributed by atoms with Crippen molar-refractivity contribution < 1.29 is 9.90 Å². The van der Waals surface area contributed by atoms with Crippen LogP contribution in [0.4, 0.5) is 0 Å². The van der Waals surface area contributed by atoms with E-state index in [0.717, 1.165) is 18.1 Å². The number of rotatable bonds is 8. The smallest absolute Gasteiger partial charge is 0.303 e. The van der Waals surface area contributed by atoms with E-state index in [4.69, 9.17) is 10.8 Å². The molecule has 0 saturated heterocycles. The summed E-state index contributed by atoms with van der Waals surface area (Å²) in [7, 11) is 0. The van der Waals surface area contributed by atoms with E-state index >= 15 is 0 Å². The van der Waals surface area contributed by atoms with Crippen molar-refractivity contribution in [3.05, 3.63) is 0 Å². The summed E-state index contributed by atoms with van der Waals surface area (Å²) in [6.07, 6.45) is 3.83. The number of carbonyl (C=O) groups is 1. The second kappa shape index (κ2) is 6.38. The van der Waals surface area contributed by atoms with E-state index in [1.54, 1.807) is 0 Å². The van der Waals surface area contributed by atoms with E-state index in [1.165, 1.54) is 18.6 Å². The van der Waals surface area contributed by atoms with Crippen molar-refractivity contribution in [3.8, 4) is 0 Å². The molecule has 0 spiro atoms. The van der Waals surface area contributed by atoms with Crippen molar-refractivity contribution in [2.45, 2.75) is 38.6 Å². The van der Waals surface area contributed by atoms with Crippen molar-refractivity contribution in [1.82, 2.24) is 0 Å². The molecule has 1 rings (SSSR count). The van der Waals surface area contributed by atoms with Gasteiger partial charge in [-0.25, -0.2) is 0 Å². The van der Waals surface area contributed by atoms with Gasteiger partial charge in [-0.1, -0.05) is 6.92 Å². The molecule has 0 aromatic carbocycles. The average molecular weight is 231 g/mol. The lowest BCUT2D eigenvalue weighted by atomic mass is 10.00. The van der Waals surface area contributed by atoms with Crippen LogP contribution in [0.25, 0.3) is 0 Å². The van der Waals surface area contributed by atoms with Gasteiger partial charge in [0.1, 0.15) is 0 Å². The molecular weight excluding hydrogens is 210 g/mol. The molecule has 88 valence electrons. The zero-order valence-corrected chi connectivity index (χ0v) is 10.1. The quantitative estimate of drug-likeness (QED) is 0.670. The highest BCUT2D eigenvalue weighted by atomic mass is 32.2. The molecule has 0 unspecified atom stereocenters. The molecule has 0 aromatic heterocycles. The van der Waals surface area contributed by atoms with Crippen LogP contribution in [0.3, 0.4) is 0 Å². The van der Waals surface area contributed by atoms with Crippen molar-refractivity contribution in [2.75, 3.05) is 11.5 Å². The molecule has 0 aromatic rings. The summed E-state index contributed by atoms with van der Waals surface area (Å²) in [5.74, 6) is 2.62. The van der Waals surface area contributed by atoms with Gasteiger partial charge in [-0.05, 0) is 36.9 Å². The van der Waals surface area contributed by atoms with E-state index in [-0.39, 0.29) is 18.4 Å². The fourth-order valence-electron chi connectivity index (χ4n) is 1.64. The molecule has 0 radical (unpaired) electrons. The molecule has 3 nitrogen and oxygen atoms in total. The highest BCUT2D eigenvalue weighted by Gasteiger charge is 2.21. The Morgan fingerprint density at radius 3 is 2.80 bits per heavy atom. The predicted octanol–water partition coefficient (Wildman–Crippen LogP) is 1.96. The van der Waals surface area contributed by atoms with Gasteiger partial charge in [0.05, 0.1) is 0 Å².